The summed E-state index contributed by atoms with van der Waals surface area (Å²) in [7, 11) is 0. The quantitative estimate of drug-likeness (QED) is 0.0779. The largest absolute Gasteiger partial charge is 0.543 e. The molecule has 17 heteroatoms. The highest BCUT2D eigenvalue weighted by Gasteiger charge is 2.46. The highest BCUT2D eigenvalue weighted by molar-refractivity contribution is 5.90. The number of phenols is 2. The lowest BCUT2D eigenvalue weighted by atomic mass is 9.99. The second-order valence-electron chi connectivity index (χ2n) is 11.6. The standard InChI is InChI=1S/C33H32N2O15/c36-18-4-1-15(2-5-18)3-6-26(38)48-14-25-27(39)28(40)29(41)33(50-25)49-24-13-21-17(12-23(24)37)11-22(32(46)47)35(21)8-7-16-9-19(30(42)43)34-20(10-16)31(44)45/h1-9,12-13,20,22,25,27-29,33,39-41H,10-11,14H2,(H5,36,37,38,42,43,44,45,46,47)/t20-,22-,25+,27+,28-,29+,33+/m0/s1. The van der Waals surface area contributed by atoms with Gasteiger partial charge in [-0.3, -0.25) is 0 Å². The van der Waals surface area contributed by atoms with Gasteiger partial charge in [-0.05, 0) is 41.5 Å². The van der Waals surface area contributed by atoms with E-state index < -0.39 is 79.0 Å². The summed E-state index contributed by atoms with van der Waals surface area (Å²) in [5, 5.41) is 84.9. The van der Waals surface area contributed by atoms with Crippen molar-refractivity contribution in [2.45, 2.75) is 55.6 Å². The van der Waals surface area contributed by atoms with Crippen LogP contribution >= 0.6 is 0 Å². The fourth-order valence-corrected chi connectivity index (χ4v) is 5.52. The number of nitrogens with zero attached hydrogens (tertiary/aromatic N) is 1. The highest BCUT2D eigenvalue weighted by Crippen LogP contribution is 2.40. The van der Waals surface area contributed by atoms with E-state index in [9.17, 15) is 60.0 Å². The van der Waals surface area contributed by atoms with Crippen molar-refractivity contribution in [2.75, 3.05) is 6.61 Å². The average molecular weight is 697 g/mol. The van der Waals surface area contributed by atoms with Gasteiger partial charge in [0, 0.05) is 30.6 Å². The Hall–Kier alpha value is -5.75. The number of phenolic OH excluding ortho intramolecular Hbond substituents is 2. The molecule has 0 radical (unpaired) electrons. The van der Waals surface area contributed by atoms with Crippen LogP contribution in [0.2, 0.25) is 0 Å². The Morgan fingerprint density at radius 3 is 2.38 bits per heavy atom. The van der Waals surface area contributed by atoms with Gasteiger partial charge in [-0.15, -0.1) is 0 Å². The molecule has 8 N–H and O–H groups in total. The van der Waals surface area contributed by atoms with Gasteiger partial charge >= 0.3 is 17.9 Å². The van der Waals surface area contributed by atoms with Crippen LogP contribution in [0.25, 0.3) is 6.08 Å². The van der Waals surface area contributed by atoms with Gasteiger partial charge in [0.1, 0.15) is 54.5 Å². The summed E-state index contributed by atoms with van der Waals surface area (Å²) in [6.45, 7) is -0.583. The molecule has 0 saturated carbocycles. The molecule has 0 aromatic heterocycles. The molecule has 2 aromatic carbocycles. The molecule has 3 heterocycles. The van der Waals surface area contributed by atoms with Gasteiger partial charge in [0.2, 0.25) is 18.0 Å². The van der Waals surface area contributed by atoms with Gasteiger partial charge in [0.05, 0.1) is 6.07 Å². The number of carbonyl (C=O) groups is 4. The SMILES string of the molecule is O=C(/C=C\c1ccc(O)cc1)OC[C@H]1O[C@@H](Oc2cc3c(cc2O)C[C@@H](C(=O)[O-])/[N+]3=C/C=C2/C=C(C(=O)O)N[C@H](C(=O)O)C2)[C@H](O)[C@@H](O)[C@@H]1O. The number of carboxylic acid groups (broad SMARTS) is 3. The predicted molar refractivity (Wildman–Crippen MR) is 165 cm³/mol. The first-order valence-electron chi connectivity index (χ1n) is 15.1. The Bertz CT molecular complexity index is 1800. The van der Waals surface area contributed by atoms with E-state index in [1.807, 2.05) is 0 Å². The van der Waals surface area contributed by atoms with Gasteiger partial charge in [-0.25, -0.2) is 14.4 Å². The van der Waals surface area contributed by atoms with E-state index >= 15 is 0 Å². The molecule has 0 spiro atoms. The van der Waals surface area contributed by atoms with E-state index in [1.165, 1.54) is 53.3 Å². The first-order valence-corrected chi connectivity index (χ1v) is 15.1. The lowest BCUT2D eigenvalue weighted by Gasteiger charge is -2.39. The van der Waals surface area contributed by atoms with Crippen LogP contribution in [-0.2, 0) is 35.1 Å². The van der Waals surface area contributed by atoms with Crippen molar-refractivity contribution in [3.05, 3.63) is 77.0 Å². The molecule has 2 aromatic rings. The molecule has 0 aliphatic carbocycles. The van der Waals surface area contributed by atoms with Crippen LogP contribution in [0.4, 0.5) is 5.69 Å². The number of aliphatic hydroxyl groups is 3. The number of esters is 1. The normalized spacial score (nSPS) is 27.7. The van der Waals surface area contributed by atoms with E-state index in [0.29, 0.717) is 11.1 Å². The number of fused-ring (bicyclic) bond motifs is 1. The summed E-state index contributed by atoms with van der Waals surface area (Å²) in [5.74, 6) is -5.83. The molecule has 0 unspecified atom stereocenters. The van der Waals surface area contributed by atoms with Gasteiger partial charge in [0.15, 0.2) is 17.7 Å². The molecule has 1 saturated heterocycles. The number of aliphatic carboxylic acids is 3. The van der Waals surface area contributed by atoms with Crippen LogP contribution in [0.15, 0.2) is 65.9 Å². The Labute approximate surface area is 282 Å². The summed E-state index contributed by atoms with van der Waals surface area (Å²) < 4.78 is 17.6. The Kier molecular flexibility index (Phi) is 10.5. The van der Waals surface area contributed by atoms with E-state index in [1.54, 1.807) is 12.1 Å². The molecule has 50 heavy (non-hydrogen) atoms. The van der Waals surface area contributed by atoms with Crippen LogP contribution in [0.5, 0.6) is 17.2 Å². The van der Waals surface area contributed by atoms with Crippen LogP contribution in [0.1, 0.15) is 17.5 Å². The Morgan fingerprint density at radius 2 is 1.72 bits per heavy atom. The van der Waals surface area contributed by atoms with Crippen molar-refractivity contribution in [1.29, 1.82) is 0 Å². The average Bonchev–Trinajstić information content (AvgIpc) is 3.43. The zero-order valence-corrected chi connectivity index (χ0v) is 25.9. The van der Waals surface area contributed by atoms with E-state index in [0.717, 1.165) is 6.08 Å². The minimum atomic E-state index is -1.86. The zero-order chi connectivity index (χ0) is 36.3. The number of aliphatic hydroxyl groups excluding tert-OH is 3. The lowest BCUT2D eigenvalue weighted by Crippen LogP contribution is -2.60. The predicted octanol–water partition coefficient (Wildman–Crippen LogP) is -1.73. The minimum absolute atomic E-state index is 0.0362. The van der Waals surface area contributed by atoms with Gasteiger partial charge < -0.3 is 65.2 Å². The topological polar surface area (TPSA) is 276 Å². The maximum absolute atomic E-state index is 12.3. The highest BCUT2D eigenvalue weighted by atomic mass is 16.7. The molecule has 17 nitrogen and oxygen atoms in total. The second-order valence-corrected chi connectivity index (χ2v) is 11.6. The maximum Gasteiger partial charge on any atom is 0.351 e. The molecule has 0 bridgehead atoms. The number of carboxylic acids is 3. The number of carbonyl (C=O) groups excluding carboxylic acids is 2. The molecule has 1 fully saturated rings. The Morgan fingerprint density at radius 1 is 1.00 bits per heavy atom. The molecule has 264 valence electrons. The van der Waals surface area contributed by atoms with Crippen molar-refractivity contribution in [1.82, 2.24) is 5.32 Å². The number of rotatable bonds is 10. The van der Waals surface area contributed by atoms with Crippen molar-refractivity contribution < 1.29 is 78.8 Å². The summed E-state index contributed by atoms with van der Waals surface area (Å²) in [5.41, 5.74) is 0.977. The number of hydrogen-bond acceptors (Lipinski definition) is 14. The second kappa shape index (κ2) is 14.8. The summed E-state index contributed by atoms with van der Waals surface area (Å²) in [6, 6.07) is 5.81. The minimum Gasteiger partial charge on any atom is -0.543 e. The number of aromatic hydroxyl groups is 2. The third-order valence-corrected chi connectivity index (χ3v) is 8.14. The fourth-order valence-electron chi connectivity index (χ4n) is 5.52. The molecular weight excluding hydrogens is 664 g/mol. The maximum atomic E-state index is 12.3. The van der Waals surface area contributed by atoms with Crippen LogP contribution < -0.4 is 15.2 Å². The number of benzene rings is 2. The lowest BCUT2D eigenvalue weighted by molar-refractivity contribution is -0.475. The fraction of sp³-hybridized carbons (Fsp3) is 0.303. The number of hydrogen-bond donors (Lipinski definition) is 8. The van der Waals surface area contributed by atoms with Crippen LogP contribution in [-0.4, -0.2) is 120 Å². The molecule has 3 aliphatic rings. The smallest absolute Gasteiger partial charge is 0.351 e. The van der Waals surface area contributed by atoms with Gasteiger partial charge in [-0.2, -0.15) is 4.58 Å². The number of nitrogens with one attached hydrogen (secondary N) is 1. The molecule has 7 atom stereocenters. The van der Waals surface area contributed by atoms with Crippen molar-refractivity contribution in [2.24, 2.45) is 0 Å². The zero-order valence-electron chi connectivity index (χ0n) is 25.9. The molecule has 5 rings (SSSR count). The van der Waals surface area contributed by atoms with Crippen molar-refractivity contribution in [3.63, 3.8) is 0 Å². The van der Waals surface area contributed by atoms with Gasteiger partial charge in [-0.1, -0.05) is 12.1 Å². The van der Waals surface area contributed by atoms with E-state index in [-0.39, 0.29) is 41.3 Å². The number of allylic oxidation sites excluding steroid dienone is 2. The first kappa shape index (κ1) is 35.6. The van der Waals surface area contributed by atoms with E-state index in [2.05, 4.69) is 5.32 Å². The summed E-state index contributed by atoms with van der Waals surface area (Å²) in [6.07, 6.45) is -2.49. The monoisotopic (exact) mass is 696 g/mol. The van der Waals surface area contributed by atoms with E-state index in [4.69, 9.17) is 14.2 Å². The van der Waals surface area contributed by atoms with Crippen LogP contribution in [0.3, 0.4) is 0 Å². The molecule has 3 aliphatic heterocycles. The molecular formula is C33H32N2O15. The van der Waals surface area contributed by atoms with Gasteiger partial charge in [0.25, 0.3) is 0 Å². The van der Waals surface area contributed by atoms with Crippen molar-refractivity contribution in [3.8, 4) is 17.2 Å². The third kappa shape index (κ3) is 7.92. The first-order chi connectivity index (χ1) is 23.7. The molecule has 0 amide bonds. The summed E-state index contributed by atoms with van der Waals surface area (Å²) >= 11 is 0. The van der Waals surface area contributed by atoms with Crippen LogP contribution in [0, 0.1) is 0 Å². The number of ether oxygens (including phenoxy) is 3. The Balaban J connectivity index is 1.35. The summed E-state index contributed by atoms with van der Waals surface area (Å²) in [4.78, 5) is 47.4. The third-order valence-electron chi connectivity index (χ3n) is 8.14. The van der Waals surface area contributed by atoms with Crippen molar-refractivity contribution >= 4 is 41.9 Å².